The van der Waals surface area contributed by atoms with E-state index in [-0.39, 0.29) is 11.8 Å². The maximum absolute atomic E-state index is 13.1. The molecule has 3 aliphatic heterocycles. The summed E-state index contributed by atoms with van der Waals surface area (Å²) in [5, 5.41) is 7.44. The molecule has 2 saturated carbocycles. The second-order valence-electron chi connectivity index (χ2n) is 11.1. The van der Waals surface area contributed by atoms with E-state index in [9.17, 15) is 9.59 Å². The van der Waals surface area contributed by atoms with Crippen LogP contribution in [0.5, 0.6) is 0 Å². The zero-order valence-electron chi connectivity index (χ0n) is 19.9. The highest BCUT2D eigenvalue weighted by molar-refractivity contribution is 5.80. The Morgan fingerprint density at radius 2 is 1.56 bits per heavy atom. The van der Waals surface area contributed by atoms with E-state index < -0.39 is 0 Å². The molecule has 2 aliphatic carbocycles. The third-order valence-corrected chi connectivity index (χ3v) is 9.16. The second-order valence-corrected chi connectivity index (χ2v) is 11.1. The number of fused-ring (bicyclic) bond motifs is 2. The van der Waals surface area contributed by atoms with Gasteiger partial charge < -0.3 is 10.2 Å². The van der Waals surface area contributed by atoms with Crippen LogP contribution in [0.25, 0.3) is 0 Å². The lowest BCUT2D eigenvalue weighted by atomic mass is 9.71. The molecule has 2 N–H and O–H groups in total. The molecule has 180 valence electrons. The smallest absolute Gasteiger partial charge is 0.234 e. The number of amides is 2. The van der Waals surface area contributed by atoms with E-state index in [1.165, 1.54) is 51.4 Å². The predicted molar refractivity (Wildman–Crippen MR) is 125 cm³/mol. The largest absolute Gasteiger partial charge is 0.352 e. The van der Waals surface area contributed by atoms with E-state index in [2.05, 4.69) is 32.4 Å². The Balaban J connectivity index is 1.13. The summed E-state index contributed by atoms with van der Waals surface area (Å²) in [4.78, 5) is 32.7. The summed E-state index contributed by atoms with van der Waals surface area (Å²) in [5.41, 5.74) is 0. The zero-order valence-corrected chi connectivity index (χ0v) is 19.9. The molecular formula is C25H43N5O2. The highest BCUT2D eigenvalue weighted by atomic mass is 16.2. The monoisotopic (exact) mass is 445 g/mol. The second kappa shape index (κ2) is 9.98. The first-order valence-electron chi connectivity index (χ1n) is 13.4. The number of nitrogens with zero attached hydrogens (tertiary/aromatic N) is 3. The molecule has 7 heteroatoms. The summed E-state index contributed by atoms with van der Waals surface area (Å²) < 4.78 is 0. The fraction of sp³-hybridized carbons (Fsp3) is 0.920. The minimum atomic E-state index is 0.182. The summed E-state index contributed by atoms with van der Waals surface area (Å²) >= 11 is 0. The van der Waals surface area contributed by atoms with Crippen molar-refractivity contribution < 1.29 is 9.59 Å². The summed E-state index contributed by atoms with van der Waals surface area (Å²) in [7, 11) is 2.22. The van der Waals surface area contributed by atoms with Crippen LogP contribution in [-0.4, -0.2) is 91.1 Å². The fourth-order valence-electron chi connectivity index (χ4n) is 7.32. The number of carbonyl (C=O) groups is 2. The standard InChI is InChI=1S/C25H43N5O2/c1-28-12-11-20-23(19-9-5-6-10-21(19)26-24(20)28)27-22(31)17-29-13-15-30(16-14-29)25(32)18-7-3-2-4-8-18/h18-21,23-24,26H,2-17H2,1H3,(H,27,31). The van der Waals surface area contributed by atoms with Crippen LogP contribution < -0.4 is 10.6 Å². The van der Waals surface area contributed by atoms with E-state index in [0.29, 0.717) is 42.5 Å². The molecule has 5 unspecified atom stereocenters. The van der Waals surface area contributed by atoms with Crippen molar-refractivity contribution in [3.8, 4) is 0 Å². The first-order chi connectivity index (χ1) is 15.6. The quantitative estimate of drug-likeness (QED) is 0.689. The lowest BCUT2D eigenvalue weighted by Gasteiger charge is -2.49. The molecule has 0 radical (unpaired) electrons. The van der Waals surface area contributed by atoms with Gasteiger partial charge in [0.1, 0.15) is 0 Å². The van der Waals surface area contributed by atoms with E-state index >= 15 is 0 Å². The molecule has 5 aliphatic rings. The summed E-state index contributed by atoms with van der Waals surface area (Å²) in [6.07, 6.45) is 12.5. The molecule has 0 spiro atoms. The van der Waals surface area contributed by atoms with Crippen LogP contribution in [0.1, 0.15) is 64.2 Å². The van der Waals surface area contributed by atoms with Crippen LogP contribution >= 0.6 is 0 Å². The van der Waals surface area contributed by atoms with Gasteiger partial charge in [-0.15, -0.1) is 0 Å². The van der Waals surface area contributed by atoms with E-state index in [4.69, 9.17) is 0 Å². The highest BCUT2D eigenvalue weighted by Gasteiger charge is 2.49. The van der Waals surface area contributed by atoms with Crippen molar-refractivity contribution in [2.45, 2.75) is 82.5 Å². The third kappa shape index (κ3) is 4.71. The molecule has 0 aromatic rings. The molecule has 0 bridgehead atoms. The Kier molecular flexibility index (Phi) is 7.05. The van der Waals surface area contributed by atoms with E-state index in [0.717, 1.165) is 45.6 Å². The van der Waals surface area contributed by atoms with Gasteiger partial charge in [0, 0.05) is 50.1 Å². The normalized spacial score (nSPS) is 37.0. The van der Waals surface area contributed by atoms with Crippen LogP contribution in [0, 0.1) is 17.8 Å². The molecule has 0 aromatic heterocycles. The number of piperazine rings is 1. The maximum atomic E-state index is 13.1. The first-order valence-corrected chi connectivity index (χ1v) is 13.4. The van der Waals surface area contributed by atoms with Crippen molar-refractivity contribution in [3.05, 3.63) is 0 Å². The van der Waals surface area contributed by atoms with Gasteiger partial charge in [-0.3, -0.25) is 24.7 Å². The molecule has 3 heterocycles. The molecule has 5 atom stereocenters. The maximum Gasteiger partial charge on any atom is 0.234 e. The van der Waals surface area contributed by atoms with Gasteiger partial charge in [0.15, 0.2) is 0 Å². The van der Waals surface area contributed by atoms with E-state index in [1.807, 2.05) is 0 Å². The molecule has 7 nitrogen and oxygen atoms in total. The van der Waals surface area contributed by atoms with Gasteiger partial charge >= 0.3 is 0 Å². The molecular weight excluding hydrogens is 402 g/mol. The summed E-state index contributed by atoms with van der Waals surface area (Å²) in [6.45, 7) is 4.77. The molecule has 0 aromatic carbocycles. The number of carbonyl (C=O) groups excluding carboxylic acids is 2. The molecule has 32 heavy (non-hydrogen) atoms. The Hall–Kier alpha value is -1.18. The fourth-order valence-corrected chi connectivity index (χ4v) is 7.32. The topological polar surface area (TPSA) is 67.9 Å². The van der Waals surface area contributed by atoms with Crippen molar-refractivity contribution in [3.63, 3.8) is 0 Å². The Bertz CT molecular complexity index is 669. The third-order valence-electron chi connectivity index (χ3n) is 9.16. The zero-order chi connectivity index (χ0) is 22.1. The number of piperidine rings is 1. The molecule has 5 rings (SSSR count). The van der Waals surface area contributed by atoms with Crippen LogP contribution in [0.4, 0.5) is 0 Å². The van der Waals surface area contributed by atoms with Gasteiger partial charge in [0.25, 0.3) is 0 Å². The van der Waals surface area contributed by atoms with Gasteiger partial charge in [-0.25, -0.2) is 0 Å². The number of nitrogens with one attached hydrogen (secondary N) is 2. The summed E-state index contributed by atoms with van der Waals surface area (Å²) in [5.74, 6) is 1.89. The number of rotatable bonds is 4. The lowest BCUT2D eigenvalue weighted by Crippen LogP contribution is -2.66. The Morgan fingerprint density at radius 3 is 2.34 bits per heavy atom. The SMILES string of the molecule is CN1CCC2C(NC(=O)CN3CCN(C(=O)C4CCCCC4)CC3)C3CCCCC3NC21. The number of hydrogen-bond acceptors (Lipinski definition) is 5. The number of likely N-dealkylation sites (tertiary alicyclic amines) is 1. The van der Waals surface area contributed by atoms with Gasteiger partial charge in [-0.2, -0.15) is 0 Å². The average Bonchev–Trinajstić information content (AvgIpc) is 3.20. The Morgan fingerprint density at radius 1 is 0.844 bits per heavy atom. The minimum Gasteiger partial charge on any atom is -0.352 e. The van der Waals surface area contributed by atoms with Crippen molar-refractivity contribution >= 4 is 11.8 Å². The van der Waals surface area contributed by atoms with Crippen molar-refractivity contribution in [1.82, 2.24) is 25.3 Å². The van der Waals surface area contributed by atoms with Gasteiger partial charge in [-0.1, -0.05) is 32.1 Å². The number of hydrogen-bond donors (Lipinski definition) is 2. The Labute approximate surface area is 193 Å². The molecule has 3 saturated heterocycles. The van der Waals surface area contributed by atoms with Crippen molar-refractivity contribution in [1.29, 1.82) is 0 Å². The highest BCUT2D eigenvalue weighted by Crippen LogP contribution is 2.40. The van der Waals surface area contributed by atoms with E-state index in [1.54, 1.807) is 0 Å². The van der Waals surface area contributed by atoms with Gasteiger partial charge in [0.2, 0.25) is 11.8 Å². The average molecular weight is 446 g/mol. The van der Waals surface area contributed by atoms with Crippen LogP contribution in [0.2, 0.25) is 0 Å². The summed E-state index contributed by atoms with van der Waals surface area (Å²) in [6, 6.07) is 0.850. The predicted octanol–water partition coefficient (Wildman–Crippen LogP) is 1.64. The lowest BCUT2D eigenvalue weighted by molar-refractivity contribution is -0.138. The van der Waals surface area contributed by atoms with Gasteiger partial charge in [0.05, 0.1) is 12.7 Å². The van der Waals surface area contributed by atoms with Crippen molar-refractivity contribution in [2.75, 3.05) is 46.3 Å². The van der Waals surface area contributed by atoms with Crippen LogP contribution in [-0.2, 0) is 9.59 Å². The van der Waals surface area contributed by atoms with Crippen LogP contribution in [0.15, 0.2) is 0 Å². The van der Waals surface area contributed by atoms with Gasteiger partial charge in [-0.05, 0) is 51.6 Å². The van der Waals surface area contributed by atoms with Crippen molar-refractivity contribution in [2.24, 2.45) is 17.8 Å². The first kappa shape index (κ1) is 22.6. The van der Waals surface area contributed by atoms with Crippen LogP contribution in [0.3, 0.4) is 0 Å². The molecule has 5 fully saturated rings. The molecule has 2 amide bonds. The minimum absolute atomic E-state index is 0.182.